The second-order valence-electron chi connectivity index (χ2n) is 8.61. The number of aromatic nitrogens is 3. The summed E-state index contributed by atoms with van der Waals surface area (Å²) in [6.45, 7) is 3.85. The zero-order valence-electron chi connectivity index (χ0n) is 19.8. The van der Waals surface area contributed by atoms with Crippen molar-refractivity contribution in [3.05, 3.63) is 89.7 Å². The number of amides is 2. The Morgan fingerprint density at radius 3 is 2.26 bits per heavy atom. The molecule has 4 aromatic rings. The Morgan fingerprint density at radius 1 is 0.829 bits per heavy atom. The molecule has 1 aliphatic heterocycles. The van der Waals surface area contributed by atoms with Crippen molar-refractivity contribution < 1.29 is 4.79 Å². The van der Waals surface area contributed by atoms with Gasteiger partial charge >= 0.3 is 6.03 Å². The van der Waals surface area contributed by atoms with Gasteiger partial charge in [0.2, 0.25) is 0 Å². The van der Waals surface area contributed by atoms with Crippen molar-refractivity contribution in [2.45, 2.75) is 13.0 Å². The van der Waals surface area contributed by atoms with Gasteiger partial charge in [-0.2, -0.15) is 5.10 Å². The molecule has 5 rings (SSSR count). The van der Waals surface area contributed by atoms with Crippen LogP contribution in [0.3, 0.4) is 0 Å². The maximum absolute atomic E-state index is 11.4. The lowest BCUT2D eigenvalue weighted by molar-refractivity contribution is 0.242. The van der Waals surface area contributed by atoms with Crippen LogP contribution in [0.5, 0.6) is 0 Å². The molecular formula is C27H29N7O. The van der Waals surface area contributed by atoms with Crippen molar-refractivity contribution in [3.8, 4) is 0 Å². The summed E-state index contributed by atoms with van der Waals surface area (Å²) in [5, 5.41) is 17.0. The van der Waals surface area contributed by atoms with Crippen LogP contribution in [0.4, 0.5) is 16.4 Å². The Bertz CT molecular complexity index is 1290. The molecule has 1 fully saturated rings. The summed E-state index contributed by atoms with van der Waals surface area (Å²) in [7, 11) is 1.60. The third-order valence-corrected chi connectivity index (χ3v) is 6.35. The van der Waals surface area contributed by atoms with E-state index in [0.717, 1.165) is 66.3 Å². The fourth-order valence-corrected chi connectivity index (χ4v) is 4.42. The molecule has 8 nitrogen and oxygen atoms in total. The molecule has 2 N–H and O–H groups in total. The van der Waals surface area contributed by atoms with Crippen molar-refractivity contribution in [2.75, 3.05) is 43.0 Å². The Morgan fingerprint density at radius 2 is 1.54 bits per heavy atom. The van der Waals surface area contributed by atoms with E-state index in [9.17, 15) is 4.79 Å². The lowest BCUT2D eigenvalue weighted by Gasteiger charge is -2.36. The number of benzene rings is 2. The number of anilines is 2. The number of nitrogens with one attached hydrogen (secondary N) is 2. The van der Waals surface area contributed by atoms with E-state index in [1.165, 1.54) is 5.56 Å². The molecule has 0 saturated carbocycles. The van der Waals surface area contributed by atoms with Crippen LogP contribution in [0.15, 0.2) is 72.9 Å². The van der Waals surface area contributed by atoms with Crippen LogP contribution in [0.2, 0.25) is 0 Å². The fourth-order valence-electron chi connectivity index (χ4n) is 4.42. The smallest absolute Gasteiger partial charge is 0.314 e. The number of hydrogen-bond donors (Lipinski definition) is 2. The number of fused-ring (bicyclic) bond motifs is 1. The molecule has 2 aromatic heterocycles. The average molecular weight is 468 g/mol. The third kappa shape index (κ3) is 5.16. The first kappa shape index (κ1) is 22.6. The van der Waals surface area contributed by atoms with Gasteiger partial charge < -0.3 is 20.4 Å². The summed E-state index contributed by atoms with van der Waals surface area (Å²) in [6.07, 6.45) is 2.59. The Balaban J connectivity index is 1.27. The highest BCUT2D eigenvalue weighted by molar-refractivity contribution is 5.93. The molecule has 0 unspecified atom stereocenters. The molecule has 0 radical (unpaired) electrons. The van der Waals surface area contributed by atoms with E-state index in [1.54, 1.807) is 7.05 Å². The molecule has 178 valence electrons. The summed E-state index contributed by atoms with van der Waals surface area (Å²) >= 11 is 0. The third-order valence-electron chi connectivity index (χ3n) is 6.35. The summed E-state index contributed by atoms with van der Waals surface area (Å²) in [6, 6.07) is 22.7. The number of pyridine rings is 1. The van der Waals surface area contributed by atoms with Crippen molar-refractivity contribution in [1.82, 2.24) is 25.8 Å². The number of nitrogens with zero attached hydrogens (tertiary/aromatic N) is 5. The van der Waals surface area contributed by atoms with Gasteiger partial charge in [0.25, 0.3) is 0 Å². The summed E-state index contributed by atoms with van der Waals surface area (Å²) < 4.78 is 0. The maximum atomic E-state index is 11.4. The average Bonchev–Trinajstić information content (AvgIpc) is 2.93. The number of urea groups is 1. The predicted octanol–water partition coefficient (Wildman–Crippen LogP) is 3.37. The zero-order valence-corrected chi connectivity index (χ0v) is 19.8. The van der Waals surface area contributed by atoms with E-state index >= 15 is 0 Å². The van der Waals surface area contributed by atoms with Crippen LogP contribution in [0.25, 0.3) is 10.8 Å². The van der Waals surface area contributed by atoms with Gasteiger partial charge in [0, 0.05) is 63.2 Å². The number of carbonyl (C=O) groups is 1. The zero-order chi connectivity index (χ0) is 24.0. The number of piperazine rings is 1. The molecule has 8 heteroatoms. The molecule has 35 heavy (non-hydrogen) atoms. The minimum Gasteiger partial charge on any atom is -0.353 e. The molecule has 0 atom stereocenters. The van der Waals surface area contributed by atoms with Gasteiger partial charge in [-0.15, -0.1) is 5.10 Å². The molecule has 1 aliphatic rings. The topological polar surface area (TPSA) is 86.3 Å². The summed E-state index contributed by atoms with van der Waals surface area (Å²) in [4.78, 5) is 20.6. The van der Waals surface area contributed by atoms with Crippen molar-refractivity contribution in [1.29, 1.82) is 0 Å². The standard InChI is InChI=1S/C27H29N7O/c1-28-27(35)30-19-21-11-12-25(29-18-21)33-13-15-34(16-14-33)26-23-10-6-5-9-22(23)24(31-32-26)17-20-7-3-2-4-8-20/h2-12,18H,13-17,19H2,1H3,(H2,28,30,35). The van der Waals surface area contributed by atoms with E-state index in [0.29, 0.717) is 6.54 Å². The molecular weight excluding hydrogens is 438 g/mol. The quantitative estimate of drug-likeness (QED) is 0.452. The highest BCUT2D eigenvalue weighted by Gasteiger charge is 2.22. The second-order valence-corrected chi connectivity index (χ2v) is 8.61. The molecule has 3 heterocycles. The van der Waals surface area contributed by atoms with Gasteiger partial charge in [-0.1, -0.05) is 60.7 Å². The van der Waals surface area contributed by atoms with Gasteiger partial charge in [-0.25, -0.2) is 9.78 Å². The lowest BCUT2D eigenvalue weighted by atomic mass is 10.0. The van der Waals surface area contributed by atoms with Gasteiger partial charge in [0.05, 0.1) is 5.69 Å². The van der Waals surface area contributed by atoms with E-state index in [2.05, 4.69) is 84.1 Å². The number of rotatable bonds is 6. The van der Waals surface area contributed by atoms with Crippen molar-refractivity contribution in [2.24, 2.45) is 0 Å². The number of hydrogen-bond acceptors (Lipinski definition) is 6. The van der Waals surface area contributed by atoms with Crippen LogP contribution < -0.4 is 20.4 Å². The lowest BCUT2D eigenvalue weighted by Crippen LogP contribution is -2.47. The van der Waals surface area contributed by atoms with Gasteiger partial charge in [-0.05, 0) is 17.2 Å². The van der Waals surface area contributed by atoms with Crippen LogP contribution in [0.1, 0.15) is 16.8 Å². The maximum Gasteiger partial charge on any atom is 0.314 e. The van der Waals surface area contributed by atoms with Crippen LogP contribution in [-0.4, -0.2) is 54.4 Å². The minimum atomic E-state index is -0.200. The molecule has 0 bridgehead atoms. The SMILES string of the molecule is CNC(=O)NCc1ccc(N2CCN(c3nnc(Cc4ccccc4)c4ccccc34)CC2)nc1. The van der Waals surface area contributed by atoms with Crippen molar-refractivity contribution in [3.63, 3.8) is 0 Å². The Hall–Kier alpha value is -4.20. The second kappa shape index (κ2) is 10.4. The molecule has 1 saturated heterocycles. The first-order chi connectivity index (χ1) is 17.2. The van der Waals surface area contributed by atoms with Crippen LogP contribution in [0, 0.1) is 0 Å². The normalized spacial score (nSPS) is 13.6. The Kier molecular flexibility index (Phi) is 6.70. The minimum absolute atomic E-state index is 0.200. The highest BCUT2D eigenvalue weighted by atomic mass is 16.2. The van der Waals surface area contributed by atoms with Gasteiger partial charge in [-0.3, -0.25) is 0 Å². The van der Waals surface area contributed by atoms with Gasteiger partial charge in [0.1, 0.15) is 5.82 Å². The largest absolute Gasteiger partial charge is 0.353 e. The van der Waals surface area contributed by atoms with E-state index < -0.39 is 0 Å². The highest BCUT2D eigenvalue weighted by Crippen LogP contribution is 2.28. The molecule has 2 aromatic carbocycles. The predicted molar refractivity (Wildman–Crippen MR) is 139 cm³/mol. The molecule has 0 aliphatic carbocycles. The summed E-state index contributed by atoms with van der Waals surface area (Å²) in [5.41, 5.74) is 3.20. The number of carbonyl (C=O) groups excluding carboxylic acids is 1. The molecule has 0 spiro atoms. The fraction of sp³-hybridized carbons (Fsp3) is 0.259. The first-order valence-corrected chi connectivity index (χ1v) is 11.9. The van der Waals surface area contributed by atoms with E-state index in [4.69, 9.17) is 0 Å². The summed E-state index contributed by atoms with van der Waals surface area (Å²) in [5.74, 6) is 1.89. The van der Waals surface area contributed by atoms with E-state index in [1.807, 2.05) is 24.4 Å². The molecule has 2 amide bonds. The van der Waals surface area contributed by atoms with Crippen LogP contribution >= 0.6 is 0 Å². The Labute approximate surface area is 205 Å². The van der Waals surface area contributed by atoms with Crippen LogP contribution in [-0.2, 0) is 13.0 Å². The van der Waals surface area contributed by atoms with Gasteiger partial charge in [0.15, 0.2) is 5.82 Å². The first-order valence-electron chi connectivity index (χ1n) is 11.9. The van der Waals surface area contributed by atoms with E-state index in [-0.39, 0.29) is 6.03 Å². The monoisotopic (exact) mass is 467 g/mol. The van der Waals surface area contributed by atoms with Crippen molar-refractivity contribution >= 4 is 28.4 Å².